The third-order valence-electron chi connectivity index (χ3n) is 5.65. The molecule has 1 aromatic heterocycles. The maximum atomic E-state index is 12.1. The molecule has 3 aromatic rings. The maximum Gasteiger partial charge on any atom is 0.336 e. The summed E-state index contributed by atoms with van der Waals surface area (Å²) in [6.45, 7) is 2.30. The summed E-state index contributed by atoms with van der Waals surface area (Å²) in [6, 6.07) is 12.9. The first-order valence-electron chi connectivity index (χ1n) is 10.9. The quantitative estimate of drug-likeness (QED) is 0.561. The first kappa shape index (κ1) is 22.3. The number of ether oxygens (including phenoxy) is 2. The van der Waals surface area contributed by atoms with Crippen molar-refractivity contribution in [1.82, 2.24) is 10.3 Å². The van der Waals surface area contributed by atoms with E-state index in [4.69, 9.17) is 14.5 Å². The summed E-state index contributed by atoms with van der Waals surface area (Å²) in [6.07, 6.45) is 4.35. The molecule has 170 valence electrons. The van der Waals surface area contributed by atoms with Gasteiger partial charge in [0, 0.05) is 11.9 Å². The van der Waals surface area contributed by atoms with Crippen LogP contribution >= 0.6 is 0 Å². The van der Waals surface area contributed by atoms with E-state index in [1.807, 2.05) is 49.4 Å². The maximum absolute atomic E-state index is 12.1. The van der Waals surface area contributed by atoms with Gasteiger partial charge in [-0.05, 0) is 67.2 Å². The smallest absolute Gasteiger partial charge is 0.336 e. The molecule has 0 spiro atoms. The number of pyridine rings is 1. The second kappa shape index (κ2) is 9.73. The number of hydrogen-bond acceptors (Lipinski definition) is 5. The number of amides is 1. The number of para-hydroxylation sites is 1. The van der Waals surface area contributed by atoms with Gasteiger partial charge in [0.05, 0.1) is 23.9 Å². The number of rotatable bonds is 7. The fourth-order valence-corrected chi connectivity index (χ4v) is 4.21. The Kier molecular flexibility index (Phi) is 6.58. The molecular weight excluding hydrogens is 420 g/mol. The van der Waals surface area contributed by atoms with Gasteiger partial charge < -0.3 is 19.9 Å². The molecule has 1 heterocycles. The number of carbonyl (C=O) groups excluding carboxylic acids is 1. The van der Waals surface area contributed by atoms with E-state index in [9.17, 15) is 14.7 Å². The average molecular weight is 447 g/mol. The van der Waals surface area contributed by atoms with Crippen LogP contribution in [0.1, 0.15) is 46.9 Å². The van der Waals surface area contributed by atoms with Crippen LogP contribution in [0.4, 0.5) is 0 Å². The molecule has 0 fully saturated rings. The van der Waals surface area contributed by atoms with Crippen molar-refractivity contribution >= 4 is 34.4 Å². The van der Waals surface area contributed by atoms with E-state index in [2.05, 4.69) is 5.32 Å². The van der Waals surface area contributed by atoms with Crippen LogP contribution in [0.3, 0.4) is 0 Å². The summed E-state index contributed by atoms with van der Waals surface area (Å²) < 4.78 is 11.1. The number of aromatic nitrogens is 1. The summed E-state index contributed by atoms with van der Waals surface area (Å²) >= 11 is 0. The summed E-state index contributed by atoms with van der Waals surface area (Å²) in [5, 5.41) is 13.3. The van der Waals surface area contributed by atoms with E-state index >= 15 is 0 Å². The van der Waals surface area contributed by atoms with Crippen LogP contribution < -0.4 is 14.8 Å². The van der Waals surface area contributed by atoms with E-state index < -0.39 is 5.97 Å². The number of nitrogens with zero attached hydrogens (tertiary/aromatic N) is 1. The highest BCUT2D eigenvalue weighted by Gasteiger charge is 2.24. The normalized spacial score (nSPS) is 14.1. The Hall–Kier alpha value is -3.87. The molecule has 0 bridgehead atoms. The van der Waals surface area contributed by atoms with Crippen molar-refractivity contribution in [3.8, 4) is 11.5 Å². The SMILES string of the molecule is CCNC(=O)COc1ccc(C=C2CCCc3c2nc2ccccc2c3C(=O)O)cc1OC. The second-order valence-electron chi connectivity index (χ2n) is 7.81. The van der Waals surface area contributed by atoms with Gasteiger partial charge in [-0.15, -0.1) is 0 Å². The first-order chi connectivity index (χ1) is 16.0. The highest BCUT2D eigenvalue weighted by molar-refractivity contribution is 6.05. The third-order valence-corrected chi connectivity index (χ3v) is 5.65. The molecule has 2 aromatic carbocycles. The molecule has 1 aliphatic carbocycles. The molecule has 2 N–H and O–H groups in total. The molecule has 0 unspecified atom stereocenters. The number of methoxy groups -OCH3 is 1. The Balaban J connectivity index is 1.71. The van der Waals surface area contributed by atoms with Crippen molar-refractivity contribution in [3.05, 3.63) is 64.8 Å². The van der Waals surface area contributed by atoms with Crippen molar-refractivity contribution in [2.45, 2.75) is 26.2 Å². The van der Waals surface area contributed by atoms with Gasteiger partial charge in [-0.1, -0.05) is 24.3 Å². The molecule has 1 aliphatic rings. The molecule has 0 saturated carbocycles. The lowest BCUT2D eigenvalue weighted by Gasteiger charge is -2.21. The summed E-state index contributed by atoms with van der Waals surface area (Å²) in [7, 11) is 1.55. The predicted octanol–water partition coefficient (Wildman–Crippen LogP) is 4.33. The third kappa shape index (κ3) is 4.67. The number of carboxylic acid groups (broad SMARTS) is 1. The second-order valence-corrected chi connectivity index (χ2v) is 7.81. The summed E-state index contributed by atoms with van der Waals surface area (Å²) in [5.41, 5.74) is 4.41. The minimum absolute atomic E-state index is 0.0903. The number of nitrogens with one attached hydrogen (secondary N) is 1. The van der Waals surface area contributed by atoms with E-state index in [0.717, 1.165) is 35.2 Å². The summed E-state index contributed by atoms with van der Waals surface area (Å²) in [4.78, 5) is 28.6. The van der Waals surface area contributed by atoms with Gasteiger partial charge in [0.1, 0.15) is 0 Å². The van der Waals surface area contributed by atoms with Crippen molar-refractivity contribution in [1.29, 1.82) is 0 Å². The van der Waals surface area contributed by atoms with Gasteiger partial charge in [0.25, 0.3) is 5.91 Å². The van der Waals surface area contributed by atoms with Crippen molar-refractivity contribution in [2.75, 3.05) is 20.3 Å². The highest BCUT2D eigenvalue weighted by atomic mass is 16.5. The molecule has 4 rings (SSSR count). The van der Waals surface area contributed by atoms with Crippen molar-refractivity contribution < 1.29 is 24.2 Å². The van der Waals surface area contributed by atoms with Gasteiger partial charge in [-0.3, -0.25) is 4.79 Å². The fourth-order valence-electron chi connectivity index (χ4n) is 4.21. The van der Waals surface area contributed by atoms with Crippen LogP contribution in [0.2, 0.25) is 0 Å². The number of allylic oxidation sites excluding steroid dienone is 1. The van der Waals surface area contributed by atoms with E-state index in [-0.39, 0.29) is 12.5 Å². The number of likely N-dealkylation sites (N-methyl/N-ethyl adjacent to an activating group) is 1. The van der Waals surface area contributed by atoms with Crippen LogP contribution in [-0.4, -0.2) is 42.2 Å². The van der Waals surface area contributed by atoms with E-state index in [1.54, 1.807) is 13.2 Å². The minimum Gasteiger partial charge on any atom is -0.493 e. The predicted molar refractivity (Wildman–Crippen MR) is 127 cm³/mol. The summed E-state index contributed by atoms with van der Waals surface area (Å²) in [5.74, 6) is -0.131. The van der Waals surface area contributed by atoms with Crippen LogP contribution in [0.25, 0.3) is 22.6 Å². The molecule has 0 radical (unpaired) electrons. The molecule has 33 heavy (non-hydrogen) atoms. The number of aromatic carboxylic acids is 1. The number of carbonyl (C=O) groups is 2. The molecular formula is C26H26N2O5. The highest BCUT2D eigenvalue weighted by Crippen LogP contribution is 2.37. The van der Waals surface area contributed by atoms with Crippen LogP contribution in [-0.2, 0) is 11.2 Å². The Bertz CT molecular complexity index is 1250. The monoisotopic (exact) mass is 446 g/mol. The molecule has 7 heteroatoms. The largest absolute Gasteiger partial charge is 0.493 e. The van der Waals surface area contributed by atoms with Crippen molar-refractivity contribution in [3.63, 3.8) is 0 Å². The van der Waals surface area contributed by atoms with Crippen LogP contribution in [0, 0.1) is 0 Å². The van der Waals surface area contributed by atoms with Gasteiger partial charge >= 0.3 is 5.97 Å². The lowest BCUT2D eigenvalue weighted by molar-refractivity contribution is -0.123. The van der Waals surface area contributed by atoms with E-state index in [0.29, 0.717) is 40.9 Å². The van der Waals surface area contributed by atoms with E-state index in [1.165, 1.54) is 0 Å². The lowest BCUT2D eigenvalue weighted by atomic mass is 9.86. The standard InChI is InChI=1S/C26H26N2O5/c1-3-27-23(29)15-33-21-12-11-16(14-22(21)32-2)13-17-7-6-9-19-24(26(30)31)18-8-4-5-10-20(18)28-25(17)19/h4-5,8,10-14H,3,6-7,9,15H2,1-2H3,(H,27,29)(H,30,31). The van der Waals surface area contributed by atoms with Gasteiger partial charge in [-0.2, -0.15) is 0 Å². The number of benzene rings is 2. The number of hydrogen-bond donors (Lipinski definition) is 2. The number of carboxylic acids is 1. The molecule has 0 aliphatic heterocycles. The minimum atomic E-state index is -0.929. The van der Waals surface area contributed by atoms with Gasteiger partial charge in [0.2, 0.25) is 0 Å². The van der Waals surface area contributed by atoms with Crippen molar-refractivity contribution in [2.24, 2.45) is 0 Å². The molecule has 7 nitrogen and oxygen atoms in total. The number of fused-ring (bicyclic) bond motifs is 2. The van der Waals surface area contributed by atoms with Crippen LogP contribution in [0.15, 0.2) is 42.5 Å². The lowest BCUT2D eigenvalue weighted by Crippen LogP contribution is -2.28. The zero-order valence-corrected chi connectivity index (χ0v) is 18.7. The first-order valence-corrected chi connectivity index (χ1v) is 10.9. The van der Waals surface area contributed by atoms with Crippen LogP contribution in [0.5, 0.6) is 11.5 Å². The molecule has 0 saturated heterocycles. The Morgan fingerprint density at radius 2 is 1.97 bits per heavy atom. The Morgan fingerprint density at radius 3 is 2.73 bits per heavy atom. The zero-order valence-electron chi connectivity index (χ0n) is 18.7. The molecule has 0 atom stereocenters. The molecule has 1 amide bonds. The Labute approximate surface area is 192 Å². The zero-order chi connectivity index (χ0) is 23.4. The van der Waals surface area contributed by atoms with Gasteiger partial charge in [-0.25, -0.2) is 9.78 Å². The van der Waals surface area contributed by atoms with Gasteiger partial charge in [0.15, 0.2) is 18.1 Å². The average Bonchev–Trinajstić information content (AvgIpc) is 2.82. The fraction of sp³-hybridized carbons (Fsp3) is 0.269. The topological polar surface area (TPSA) is 97.8 Å². The Morgan fingerprint density at radius 1 is 1.15 bits per heavy atom.